The Morgan fingerprint density at radius 1 is 1.47 bits per heavy atom. The van der Waals surface area contributed by atoms with Gasteiger partial charge in [-0.1, -0.05) is 19.1 Å². The highest BCUT2D eigenvalue weighted by Gasteiger charge is 2.11. The predicted molar refractivity (Wildman–Crippen MR) is 75.3 cm³/mol. The average molecular weight is 278 g/mol. The van der Waals surface area contributed by atoms with Crippen LogP contribution in [-0.4, -0.2) is 26.8 Å². The van der Waals surface area contributed by atoms with Crippen molar-refractivity contribution < 1.29 is 9.90 Å². The van der Waals surface area contributed by atoms with Gasteiger partial charge < -0.3 is 10.1 Å². The summed E-state index contributed by atoms with van der Waals surface area (Å²) in [4.78, 5) is 29.6. The fraction of sp³-hybridized carbons (Fsp3) is 0.308. The van der Waals surface area contributed by atoms with E-state index in [0.717, 1.165) is 5.52 Å². The van der Waals surface area contributed by atoms with Gasteiger partial charge in [0, 0.05) is 11.5 Å². The van der Waals surface area contributed by atoms with Crippen LogP contribution in [0.1, 0.15) is 12.6 Å². The van der Waals surface area contributed by atoms with Crippen molar-refractivity contribution in [3.63, 3.8) is 0 Å². The van der Waals surface area contributed by atoms with E-state index in [1.807, 2.05) is 18.2 Å². The number of aromatic amines is 1. The third-order valence-electron chi connectivity index (χ3n) is 2.70. The van der Waals surface area contributed by atoms with E-state index >= 15 is 0 Å². The van der Waals surface area contributed by atoms with Crippen LogP contribution in [0.5, 0.6) is 0 Å². The van der Waals surface area contributed by atoms with Crippen LogP contribution in [0, 0.1) is 5.92 Å². The Balaban J connectivity index is 2.10. The molecule has 0 saturated carbocycles. The minimum Gasteiger partial charge on any atom is -0.481 e. The number of benzene rings is 1. The van der Waals surface area contributed by atoms with Gasteiger partial charge in [0.05, 0.1) is 17.0 Å². The van der Waals surface area contributed by atoms with Crippen LogP contribution in [0.25, 0.3) is 11.0 Å². The lowest BCUT2D eigenvalue weighted by atomic mass is 10.2. The molecular formula is C13H14N2O3S. The quantitative estimate of drug-likeness (QED) is 0.872. The number of carboxylic acid groups (broad SMARTS) is 1. The standard InChI is InChI=1S/C13H14N2O3S/c1-8(13(17)18)6-19-7-11-12(16)15-10-5-3-2-4-9(10)14-11/h2-5,8H,6-7H2,1H3,(H,15,16)(H,17,18). The van der Waals surface area contributed by atoms with Crippen molar-refractivity contribution in [2.75, 3.05) is 5.75 Å². The van der Waals surface area contributed by atoms with Gasteiger partial charge in [-0.25, -0.2) is 4.98 Å². The molecule has 0 saturated heterocycles. The van der Waals surface area contributed by atoms with Crippen molar-refractivity contribution in [1.29, 1.82) is 0 Å². The number of hydrogen-bond donors (Lipinski definition) is 2. The zero-order chi connectivity index (χ0) is 13.8. The summed E-state index contributed by atoms with van der Waals surface area (Å²) in [6, 6.07) is 7.33. The molecule has 0 spiro atoms. The van der Waals surface area contributed by atoms with Gasteiger partial charge in [-0.15, -0.1) is 0 Å². The van der Waals surface area contributed by atoms with Crippen LogP contribution in [0.2, 0.25) is 0 Å². The summed E-state index contributed by atoms with van der Waals surface area (Å²) in [5.74, 6) is -0.376. The van der Waals surface area contributed by atoms with E-state index in [0.29, 0.717) is 22.7 Å². The number of nitrogens with one attached hydrogen (secondary N) is 1. The molecule has 0 bridgehead atoms. The molecule has 0 amide bonds. The first-order valence-electron chi connectivity index (χ1n) is 5.86. The molecule has 2 rings (SSSR count). The normalized spacial score (nSPS) is 12.5. The zero-order valence-electron chi connectivity index (χ0n) is 10.4. The first-order chi connectivity index (χ1) is 9.08. The molecule has 6 heteroatoms. The Kier molecular flexibility index (Phi) is 4.21. The van der Waals surface area contributed by atoms with Crippen LogP contribution in [0.4, 0.5) is 0 Å². The average Bonchev–Trinajstić information content (AvgIpc) is 2.39. The van der Waals surface area contributed by atoms with E-state index in [2.05, 4.69) is 9.97 Å². The van der Waals surface area contributed by atoms with E-state index in [4.69, 9.17) is 5.11 Å². The van der Waals surface area contributed by atoms with Gasteiger partial charge in [0.25, 0.3) is 5.56 Å². The van der Waals surface area contributed by atoms with E-state index in [-0.39, 0.29) is 5.56 Å². The van der Waals surface area contributed by atoms with Gasteiger partial charge in [-0.05, 0) is 12.1 Å². The van der Waals surface area contributed by atoms with Crippen molar-refractivity contribution in [2.45, 2.75) is 12.7 Å². The largest absolute Gasteiger partial charge is 0.481 e. The SMILES string of the molecule is CC(CSCc1nc2ccccc2[nH]c1=O)C(=O)O. The summed E-state index contributed by atoms with van der Waals surface area (Å²) in [5, 5.41) is 8.78. The highest BCUT2D eigenvalue weighted by molar-refractivity contribution is 7.98. The Morgan fingerprint density at radius 3 is 2.95 bits per heavy atom. The molecule has 0 radical (unpaired) electrons. The lowest BCUT2D eigenvalue weighted by Gasteiger charge is -2.05. The third-order valence-corrected chi connectivity index (χ3v) is 3.91. The molecule has 1 unspecified atom stereocenters. The van der Waals surface area contributed by atoms with Gasteiger partial charge in [-0.3, -0.25) is 9.59 Å². The van der Waals surface area contributed by atoms with E-state index in [1.54, 1.807) is 13.0 Å². The number of fused-ring (bicyclic) bond motifs is 1. The number of para-hydroxylation sites is 2. The molecule has 2 aromatic rings. The van der Waals surface area contributed by atoms with Crippen LogP contribution < -0.4 is 5.56 Å². The van der Waals surface area contributed by atoms with E-state index in [9.17, 15) is 9.59 Å². The van der Waals surface area contributed by atoms with Crippen LogP contribution in [-0.2, 0) is 10.5 Å². The summed E-state index contributed by atoms with van der Waals surface area (Å²) >= 11 is 1.40. The lowest BCUT2D eigenvalue weighted by molar-refractivity contribution is -0.140. The molecule has 0 fully saturated rings. The van der Waals surface area contributed by atoms with Crippen molar-refractivity contribution >= 4 is 28.8 Å². The molecule has 19 heavy (non-hydrogen) atoms. The number of aromatic nitrogens is 2. The van der Waals surface area contributed by atoms with Crippen molar-refractivity contribution in [2.24, 2.45) is 5.92 Å². The maximum absolute atomic E-state index is 11.8. The first-order valence-corrected chi connectivity index (χ1v) is 7.02. The summed E-state index contributed by atoms with van der Waals surface area (Å²) < 4.78 is 0. The molecule has 1 aromatic heterocycles. The van der Waals surface area contributed by atoms with Crippen molar-refractivity contribution in [1.82, 2.24) is 9.97 Å². The summed E-state index contributed by atoms with van der Waals surface area (Å²) in [6.07, 6.45) is 0. The lowest BCUT2D eigenvalue weighted by Crippen LogP contribution is -2.16. The Hall–Kier alpha value is -1.82. The molecule has 0 aliphatic carbocycles. The minimum atomic E-state index is -0.826. The highest BCUT2D eigenvalue weighted by atomic mass is 32.2. The number of aliphatic carboxylic acids is 1. The maximum atomic E-state index is 11.8. The Bertz CT molecular complexity index is 654. The van der Waals surface area contributed by atoms with Gasteiger partial charge >= 0.3 is 5.97 Å². The smallest absolute Gasteiger partial charge is 0.307 e. The first kappa shape index (κ1) is 13.6. The van der Waals surface area contributed by atoms with Crippen LogP contribution in [0.3, 0.4) is 0 Å². The number of nitrogens with zero attached hydrogens (tertiary/aromatic N) is 1. The number of thioether (sulfide) groups is 1. The van der Waals surface area contributed by atoms with Crippen LogP contribution >= 0.6 is 11.8 Å². The van der Waals surface area contributed by atoms with Gasteiger partial charge in [0.15, 0.2) is 0 Å². The second-order valence-corrected chi connectivity index (χ2v) is 5.31. The Morgan fingerprint density at radius 2 is 2.21 bits per heavy atom. The Labute approximate surface area is 114 Å². The topological polar surface area (TPSA) is 83.0 Å². The van der Waals surface area contributed by atoms with E-state index in [1.165, 1.54) is 11.8 Å². The van der Waals surface area contributed by atoms with E-state index < -0.39 is 11.9 Å². The second-order valence-electron chi connectivity index (χ2n) is 4.28. The molecule has 2 N–H and O–H groups in total. The molecule has 100 valence electrons. The number of hydrogen-bond acceptors (Lipinski definition) is 4. The number of carbonyl (C=O) groups is 1. The number of rotatable bonds is 5. The molecule has 0 aliphatic heterocycles. The minimum absolute atomic E-state index is 0.214. The molecule has 5 nitrogen and oxygen atoms in total. The predicted octanol–water partition coefficient (Wildman–Crippen LogP) is 1.88. The fourth-order valence-corrected chi connectivity index (χ4v) is 2.57. The van der Waals surface area contributed by atoms with Crippen molar-refractivity contribution in [3.05, 3.63) is 40.3 Å². The molecule has 1 aromatic carbocycles. The molecule has 0 aliphatic rings. The highest BCUT2D eigenvalue weighted by Crippen LogP contribution is 2.14. The summed E-state index contributed by atoms with van der Waals surface area (Å²) in [5.41, 5.74) is 1.67. The second kappa shape index (κ2) is 5.88. The molecule has 1 heterocycles. The zero-order valence-corrected chi connectivity index (χ0v) is 11.2. The van der Waals surface area contributed by atoms with Gasteiger partial charge in [0.1, 0.15) is 5.69 Å². The van der Waals surface area contributed by atoms with Gasteiger partial charge in [0.2, 0.25) is 0 Å². The van der Waals surface area contributed by atoms with Gasteiger partial charge in [-0.2, -0.15) is 11.8 Å². The third kappa shape index (κ3) is 3.35. The maximum Gasteiger partial charge on any atom is 0.307 e. The summed E-state index contributed by atoms with van der Waals surface area (Å²) in [6.45, 7) is 1.65. The molecular weight excluding hydrogens is 264 g/mol. The fourth-order valence-electron chi connectivity index (χ4n) is 1.57. The monoisotopic (exact) mass is 278 g/mol. The number of H-pyrrole nitrogens is 1. The molecule has 1 atom stereocenters. The van der Waals surface area contributed by atoms with Crippen LogP contribution in [0.15, 0.2) is 29.1 Å². The van der Waals surface area contributed by atoms with Crippen molar-refractivity contribution in [3.8, 4) is 0 Å². The number of carboxylic acids is 1. The summed E-state index contributed by atoms with van der Waals surface area (Å²) in [7, 11) is 0.